The average Bonchev–Trinajstić information content (AvgIpc) is 2.35. The van der Waals surface area contributed by atoms with Crippen LogP contribution in [0.1, 0.15) is 4.88 Å². The van der Waals surface area contributed by atoms with Gasteiger partial charge in [-0.1, -0.05) is 12.6 Å². The van der Waals surface area contributed by atoms with Gasteiger partial charge in [0, 0.05) is 21.3 Å². The van der Waals surface area contributed by atoms with E-state index in [1.807, 2.05) is 5.38 Å². The highest BCUT2D eigenvalue weighted by Crippen LogP contribution is 2.19. The van der Waals surface area contributed by atoms with Crippen molar-refractivity contribution >= 4 is 45.1 Å². The van der Waals surface area contributed by atoms with Crippen molar-refractivity contribution in [3.63, 3.8) is 0 Å². The zero-order chi connectivity index (χ0) is 8.97. The Kier molecular flexibility index (Phi) is 4.11. The van der Waals surface area contributed by atoms with Crippen LogP contribution in [0.3, 0.4) is 0 Å². The Labute approximate surface area is 88.9 Å². The van der Waals surface area contributed by atoms with Crippen LogP contribution in [0.4, 0.5) is 4.79 Å². The van der Waals surface area contributed by atoms with Crippen molar-refractivity contribution in [2.45, 2.75) is 6.42 Å². The topological polar surface area (TPSA) is 29.1 Å². The molecule has 2 nitrogen and oxygen atoms in total. The lowest BCUT2D eigenvalue weighted by atomic mass is 10.3. The number of hydrogen-bond donors (Lipinski definition) is 2. The number of halogens is 1. The van der Waals surface area contributed by atoms with E-state index in [9.17, 15) is 4.79 Å². The van der Waals surface area contributed by atoms with E-state index in [2.05, 4.69) is 39.9 Å². The number of thiophene rings is 1. The molecule has 0 spiro atoms. The normalized spacial score (nSPS) is 9.83. The molecule has 5 heteroatoms. The molecule has 0 atom stereocenters. The van der Waals surface area contributed by atoms with Crippen molar-refractivity contribution in [2.75, 3.05) is 6.54 Å². The molecule has 1 aromatic heterocycles. The Morgan fingerprint density at radius 3 is 3.00 bits per heavy atom. The summed E-state index contributed by atoms with van der Waals surface area (Å²) in [6.45, 7) is 0.648. The van der Waals surface area contributed by atoms with Gasteiger partial charge in [0.1, 0.15) is 0 Å². The minimum atomic E-state index is -0.273. The summed E-state index contributed by atoms with van der Waals surface area (Å²) >= 11 is 8.63. The number of carbonyl (C=O) groups is 1. The summed E-state index contributed by atoms with van der Waals surface area (Å²) in [5.74, 6) is 0. The van der Waals surface area contributed by atoms with Crippen molar-refractivity contribution in [3.05, 3.63) is 20.8 Å². The number of nitrogens with one attached hydrogen (secondary N) is 1. The number of amides is 1. The Morgan fingerprint density at radius 1 is 1.75 bits per heavy atom. The summed E-state index contributed by atoms with van der Waals surface area (Å²) in [5.41, 5.74) is 0. The fraction of sp³-hybridized carbons (Fsp3) is 0.286. The van der Waals surface area contributed by atoms with E-state index >= 15 is 0 Å². The molecule has 12 heavy (non-hydrogen) atoms. The molecule has 0 aliphatic carbocycles. The van der Waals surface area contributed by atoms with E-state index in [1.165, 1.54) is 4.88 Å². The predicted molar refractivity (Wildman–Crippen MR) is 58.1 cm³/mol. The van der Waals surface area contributed by atoms with Crippen LogP contribution in [0, 0.1) is 0 Å². The summed E-state index contributed by atoms with van der Waals surface area (Å²) in [6.07, 6.45) is 0.864. The van der Waals surface area contributed by atoms with Gasteiger partial charge in [0.05, 0.1) is 0 Å². The minimum Gasteiger partial charge on any atom is -0.347 e. The van der Waals surface area contributed by atoms with Crippen LogP contribution in [-0.2, 0) is 6.42 Å². The molecule has 1 heterocycles. The van der Waals surface area contributed by atoms with E-state index in [-0.39, 0.29) is 5.24 Å². The van der Waals surface area contributed by atoms with Crippen molar-refractivity contribution in [3.8, 4) is 0 Å². The van der Waals surface area contributed by atoms with E-state index in [0.717, 1.165) is 10.9 Å². The first kappa shape index (κ1) is 10.1. The van der Waals surface area contributed by atoms with Crippen LogP contribution in [0.15, 0.2) is 15.9 Å². The first-order valence-electron chi connectivity index (χ1n) is 3.38. The summed E-state index contributed by atoms with van der Waals surface area (Å²) in [5, 5.41) is 4.37. The number of hydrogen-bond acceptors (Lipinski definition) is 2. The molecule has 0 aliphatic rings. The number of thiol groups is 1. The third kappa shape index (κ3) is 3.60. The quantitative estimate of drug-likeness (QED) is 0.809. The van der Waals surface area contributed by atoms with Crippen LogP contribution in [0.25, 0.3) is 0 Å². The van der Waals surface area contributed by atoms with E-state index < -0.39 is 0 Å². The Bertz CT molecular complexity index is 274. The second kappa shape index (κ2) is 4.89. The molecule has 0 aromatic carbocycles. The van der Waals surface area contributed by atoms with Gasteiger partial charge < -0.3 is 5.32 Å². The van der Waals surface area contributed by atoms with Gasteiger partial charge in [-0.2, -0.15) is 0 Å². The van der Waals surface area contributed by atoms with Gasteiger partial charge in [-0.15, -0.1) is 11.3 Å². The lowest BCUT2D eigenvalue weighted by molar-refractivity contribution is 0.261. The number of rotatable bonds is 3. The zero-order valence-electron chi connectivity index (χ0n) is 6.21. The zero-order valence-corrected chi connectivity index (χ0v) is 9.51. The van der Waals surface area contributed by atoms with Crippen LogP contribution in [0.2, 0.25) is 0 Å². The maximum atomic E-state index is 10.4. The van der Waals surface area contributed by atoms with Crippen molar-refractivity contribution < 1.29 is 4.79 Å². The molecule has 0 saturated heterocycles. The fourth-order valence-corrected chi connectivity index (χ4v) is 2.34. The van der Waals surface area contributed by atoms with Crippen LogP contribution in [0.5, 0.6) is 0 Å². The third-order valence-electron chi connectivity index (χ3n) is 1.27. The van der Waals surface area contributed by atoms with Crippen LogP contribution in [-0.4, -0.2) is 11.8 Å². The first-order chi connectivity index (χ1) is 5.68. The maximum Gasteiger partial charge on any atom is 0.275 e. The van der Waals surface area contributed by atoms with Crippen LogP contribution < -0.4 is 5.32 Å². The monoisotopic (exact) mass is 265 g/mol. The smallest absolute Gasteiger partial charge is 0.275 e. The maximum absolute atomic E-state index is 10.4. The summed E-state index contributed by atoms with van der Waals surface area (Å²) in [4.78, 5) is 11.6. The van der Waals surface area contributed by atoms with Gasteiger partial charge in [0.25, 0.3) is 5.24 Å². The highest BCUT2D eigenvalue weighted by atomic mass is 79.9. The largest absolute Gasteiger partial charge is 0.347 e. The molecule has 1 rings (SSSR count). The molecule has 0 bridgehead atoms. The Balaban J connectivity index is 2.29. The second-order valence-electron chi connectivity index (χ2n) is 2.21. The van der Waals surface area contributed by atoms with Crippen molar-refractivity contribution in [1.29, 1.82) is 0 Å². The molecule has 1 N–H and O–H groups in total. The number of carbonyl (C=O) groups excluding carboxylic acids is 1. The van der Waals surface area contributed by atoms with Crippen molar-refractivity contribution in [2.24, 2.45) is 0 Å². The second-order valence-corrected chi connectivity index (χ2v) is 4.53. The van der Waals surface area contributed by atoms with Crippen molar-refractivity contribution in [1.82, 2.24) is 5.32 Å². The fourth-order valence-electron chi connectivity index (χ4n) is 0.778. The van der Waals surface area contributed by atoms with Gasteiger partial charge in [0.2, 0.25) is 0 Å². The molecule has 1 aromatic rings. The average molecular weight is 266 g/mol. The van der Waals surface area contributed by atoms with Gasteiger partial charge >= 0.3 is 0 Å². The molecule has 0 radical (unpaired) electrons. The van der Waals surface area contributed by atoms with E-state index in [1.54, 1.807) is 11.3 Å². The van der Waals surface area contributed by atoms with Crippen LogP contribution >= 0.6 is 39.9 Å². The van der Waals surface area contributed by atoms with Gasteiger partial charge in [-0.3, -0.25) is 4.79 Å². The van der Waals surface area contributed by atoms with E-state index in [4.69, 9.17) is 0 Å². The first-order valence-corrected chi connectivity index (χ1v) is 5.50. The summed E-state index contributed by atoms with van der Waals surface area (Å²) in [7, 11) is 0. The Morgan fingerprint density at radius 2 is 2.50 bits per heavy atom. The van der Waals surface area contributed by atoms with Gasteiger partial charge in [-0.05, 0) is 28.4 Å². The molecular formula is C7H8BrNOS2. The summed E-state index contributed by atoms with van der Waals surface area (Å²) in [6, 6.07) is 2.05. The highest BCUT2D eigenvalue weighted by Gasteiger charge is 1.97. The molecule has 1 amide bonds. The summed E-state index contributed by atoms with van der Waals surface area (Å²) < 4.78 is 1.10. The molecule has 0 unspecified atom stereocenters. The molecular weight excluding hydrogens is 258 g/mol. The molecule has 0 saturated carbocycles. The standard InChI is InChI=1S/C7H8BrNOS2/c8-5-3-6(12-4-5)1-2-9-7(10)11/h3-4H,1-2H2,(H2,9,10,11). The molecule has 66 valence electrons. The SMILES string of the molecule is O=C(S)NCCc1cc(Br)cs1. The molecule has 0 fully saturated rings. The minimum absolute atomic E-state index is 0.273. The molecule has 0 aliphatic heterocycles. The van der Waals surface area contributed by atoms with Gasteiger partial charge in [0.15, 0.2) is 0 Å². The van der Waals surface area contributed by atoms with E-state index in [0.29, 0.717) is 6.54 Å². The Hall–Kier alpha value is -0.0000000000000000833. The lowest BCUT2D eigenvalue weighted by Crippen LogP contribution is -2.18. The van der Waals surface area contributed by atoms with Gasteiger partial charge in [-0.25, -0.2) is 0 Å². The predicted octanol–water partition coefficient (Wildman–Crippen LogP) is 2.69. The third-order valence-corrected chi connectivity index (χ3v) is 3.18. The lowest BCUT2D eigenvalue weighted by Gasteiger charge is -1.97. The highest BCUT2D eigenvalue weighted by molar-refractivity contribution is 9.10.